The summed E-state index contributed by atoms with van der Waals surface area (Å²) >= 11 is 12.4. The Labute approximate surface area is 162 Å². The van der Waals surface area contributed by atoms with Crippen LogP contribution in [0.3, 0.4) is 0 Å². The van der Waals surface area contributed by atoms with Crippen LogP contribution >= 0.6 is 23.2 Å². The summed E-state index contributed by atoms with van der Waals surface area (Å²) in [6, 6.07) is 24.4. The van der Waals surface area contributed by atoms with E-state index in [0.29, 0.717) is 16.6 Å². The summed E-state index contributed by atoms with van der Waals surface area (Å²) in [7, 11) is 0. The highest BCUT2D eigenvalue weighted by atomic mass is 35.5. The number of benzene rings is 4. The third kappa shape index (κ3) is 3.26. The van der Waals surface area contributed by atoms with Gasteiger partial charge >= 0.3 is 0 Å². The Morgan fingerprint density at radius 3 is 1.96 bits per heavy atom. The first kappa shape index (κ1) is 16.9. The predicted octanol–water partition coefficient (Wildman–Crippen LogP) is 6.42. The molecule has 0 aliphatic heterocycles. The van der Waals surface area contributed by atoms with E-state index in [1.54, 1.807) is 0 Å². The fourth-order valence-electron chi connectivity index (χ4n) is 3.12. The van der Waals surface area contributed by atoms with Gasteiger partial charge in [-0.25, -0.2) is 0 Å². The summed E-state index contributed by atoms with van der Waals surface area (Å²) in [6.07, 6.45) is 1.87. The molecule has 0 spiro atoms. The molecule has 0 saturated heterocycles. The van der Waals surface area contributed by atoms with Crippen molar-refractivity contribution in [3.05, 3.63) is 94.0 Å². The molecule has 2 nitrogen and oxygen atoms in total. The Morgan fingerprint density at radius 1 is 0.769 bits per heavy atom. The Kier molecular flexibility index (Phi) is 4.79. The van der Waals surface area contributed by atoms with Crippen molar-refractivity contribution in [2.24, 2.45) is 5.10 Å². The van der Waals surface area contributed by atoms with Crippen LogP contribution in [0.5, 0.6) is 0 Å². The minimum atomic E-state index is 0.470. The fraction of sp³-hybridized carbons (Fsp3) is 0.0455. The first-order valence-corrected chi connectivity index (χ1v) is 9.09. The van der Waals surface area contributed by atoms with E-state index >= 15 is 0 Å². The predicted molar refractivity (Wildman–Crippen MR) is 112 cm³/mol. The van der Waals surface area contributed by atoms with Crippen LogP contribution in [0.4, 0.5) is 0 Å². The summed E-state index contributed by atoms with van der Waals surface area (Å²) in [6.45, 7) is 0.470. The van der Waals surface area contributed by atoms with E-state index in [1.807, 2.05) is 36.5 Å². The SMILES string of the molecule is Clc1cccc(Cl)c1CN/N=C/c1c2ccccc2cc2ccccc12. The summed E-state index contributed by atoms with van der Waals surface area (Å²) < 4.78 is 0. The van der Waals surface area contributed by atoms with Gasteiger partial charge in [-0.1, -0.05) is 77.8 Å². The quantitative estimate of drug-likeness (QED) is 0.247. The molecule has 0 bridgehead atoms. The van der Waals surface area contributed by atoms with Crippen LogP contribution < -0.4 is 5.43 Å². The monoisotopic (exact) mass is 378 g/mol. The van der Waals surface area contributed by atoms with Gasteiger partial charge in [0, 0.05) is 21.2 Å². The lowest BCUT2D eigenvalue weighted by molar-refractivity contribution is 0.748. The van der Waals surface area contributed by atoms with Crippen LogP contribution in [0.25, 0.3) is 21.5 Å². The van der Waals surface area contributed by atoms with Crippen LogP contribution in [0.1, 0.15) is 11.1 Å². The van der Waals surface area contributed by atoms with Gasteiger partial charge in [0.15, 0.2) is 0 Å². The lowest BCUT2D eigenvalue weighted by atomic mass is 9.97. The van der Waals surface area contributed by atoms with E-state index in [-0.39, 0.29) is 0 Å². The maximum absolute atomic E-state index is 6.21. The van der Waals surface area contributed by atoms with Crippen LogP contribution in [-0.2, 0) is 6.54 Å². The smallest absolute Gasteiger partial charge is 0.0609 e. The van der Waals surface area contributed by atoms with Gasteiger partial charge in [0.05, 0.1) is 12.8 Å². The summed E-state index contributed by atoms with van der Waals surface area (Å²) in [5.74, 6) is 0. The molecule has 0 unspecified atom stereocenters. The average molecular weight is 379 g/mol. The second kappa shape index (κ2) is 7.36. The third-order valence-electron chi connectivity index (χ3n) is 4.42. The summed E-state index contributed by atoms with van der Waals surface area (Å²) in [4.78, 5) is 0. The van der Waals surface area contributed by atoms with E-state index in [4.69, 9.17) is 23.2 Å². The number of rotatable bonds is 4. The fourth-order valence-corrected chi connectivity index (χ4v) is 3.66. The van der Waals surface area contributed by atoms with Gasteiger partial charge in [0.2, 0.25) is 0 Å². The average Bonchev–Trinajstić information content (AvgIpc) is 2.66. The van der Waals surface area contributed by atoms with Crippen LogP contribution in [0.2, 0.25) is 10.0 Å². The molecule has 0 aliphatic rings. The molecule has 128 valence electrons. The Morgan fingerprint density at radius 2 is 1.35 bits per heavy atom. The first-order chi connectivity index (χ1) is 12.7. The van der Waals surface area contributed by atoms with Crippen molar-refractivity contribution in [3.63, 3.8) is 0 Å². The molecular weight excluding hydrogens is 363 g/mol. The summed E-state index contributed by atoms with van der Waals surface area (Å²) in [5.41, 5.74) is 5.00. The van der Waals surface area contributed by atoms with Crippen molar-refractivity contribution in [1.29, 1.82) is 0 Å². The molecular formula is C22H16Cl2N2. The maximum atomic E-state index is 6.21. The number of nitrogens with zero attached hydrogens (tertiary/aromatic N) is 1. The van der Waals surface area contributed by atoms with Gasteiger partial charge in [0.1, 0.15) is 0 Å². The van der Waals surface area contributed by atoms with Crippen LogP contribution in [0.15, 0.2) is 77.9 Å². The highest BCUT2D eigenvalue weighted by Crippen LogP contribution is 2.27. The van der Waals surface area contributed by atoms with Gasteiger partial charge in [-0.3, -0.25) is 0 Å². The van der Waals surface area contributed by atoms with E-state index in [2.05, 4.69) is 53.0 Å². The van der Waals surface area contributed by atoms with Gasteiger partial charge < -0.3 is 5.43 Å². The van der Waals surface area contributed by atoms with Crippen molar-refractivity contribution in [1.82, 2.24) is 5.43 Å². The first-order valence-electron chi connectivity index (χ1n) is 8.33. The zero-order chi connectivity index (χ0) is 17.9. The number of hydrazone groups is 1. The Bertz CT molecular complexity index is 1050. The Balaban J connectivity index is 1.68. The molecule has 0 radical (unpaired) electrons. The number of nitrogens with one attached hydrogen (secondary N) is 1. The topological polar surface area (TPSA) is 24.4 Å². The molecule has 0 atom stereocenters. The van der Waals surface area contributed by atoms with Crippen LogP contribution in [0, 0.1) is 0 Å². The minimum Gasteiger partial charge on any atom is -0.306 e. The molecule has 26 heavy (non-hydrogen) atoms. The Hall–Kier alpha value is -2.55. The van der Waals surface area contributed by atoms with Gasteiger partial charge in [-0.05, 0) is 39.7 Å². The zero-order valence-electron chi connectivity index (χ0n) is 13.9. The minimum absolute atomic E-state index is 0.470. The molecule has 0 saturated carbocycles. The van der Waals surface area contributed by atoms with Gasteiger partial charge in [-0.2, -0.15) is 5.10 Å². The molecule has 4 aromatic rings. The molecule has 0 amide bonds. The third-order valence-corrected chi connectivity index (χ3v) is 5.12. The van der Waals surface area contributed by atoms with Crippen LogP contribution in [-0.4, -0.2) is 6.21 Å². The largest absolute Gasteiger partial charge is 0.306 e. The number of fused-ring (bicyclic) bond motifs is 2. The van der Waals surface area contributed by atoms with E-state index < -0.39 is 0 Å². The van der Waals surface area contributed by atoms with Crippen molar-refractivity contribution < 1.29 is 0 Å². The van der Waals surface area contributed by atoms with E-state index in [9.17, 15) is 0 Å². The van der Waals surface area contributed by atoms with Crippen molar-refractivity contribution in [3.8, 4) is 0 Å². The van der Waals surface area contributed by atoms with E-state index in [1.165, 1.54) is 21.5 Å². The zero-order valence-corrected chi connectivity index (χ0v) is 15.4. The molecule has 4 heteroatoms. The highest BCUT2D eigenvalue weighted by Gasteiger charge is 2.06. The maximum Gasteiger partial charge on any atom is 0.0609 e. The van der Waals surface area contributed by atoms with Crippen molar-refractivity contribution in [2.75, 3.05) is 0 Å². The van der Waals surface area contributed by atoms with E-state index in [0.717, 1.165) is 11.1 Å². The highest BCUT2D eigenvalue weighted by molar-refractivity contribution is 6.36. The molecule has 1 N–H and O–H groups in total. The molecule has 0 aromatic heterocycles. The summed E-state index contributed by atoms with van der Waals surface area (Å²) in [5, 5.41) is 10.4. The lowest BCUT2D eigenvalue weighted by Crippen LogP contribution is -2.07. The number of halogens is 2. The second-order valence-electron chi connectivity index (χ2n) is 6.03. The standard InChI is InChI=1S/C22H16Cl2N2/c23-21-10-5-11-22(24)20(21)14-26-25-13-19-17-8-3-1-6-15(17)12-16-7-2-4-9-18(16)19/h1-13,26H,14H2/b25-13+. The van der Waals surface area contributed by atoms with Crippen molar-refractivity contribution in [2.45, 2.75) is 6.54 Å². The van der Waals surface area contributed by atoms with Crippen molar-refractivity contribution >= 4 is 51.0 Å². The van der Waals surface area contributed by atoms with Gasteiger partial charge in [0.25, 0.3) is 0 Å². The molecule has 0 aliphatic carbocycles. The molecule has 0 heterocycles. The molecule has 4 rings (SSSR count). The number of hydrogen-bond donors (Lipinski definition) is 1. The second-order valence-corrected chi connectivity index (χ2v) is 6.84. The van der Waals surface area contributed by atoms with Gasteiger partial charge in [-0.15, -0.1) is 0 Å². The lowest BCUT2D eigenvalue weighted by Gasteiger charge is -2.09. The molecule has 0 fully saturated rings. The normalized spacial score (nSPS) is 11.5. The number of hydrogen-bond acceptors (Lipinski definition) is 2. The molecule has 4 aromatic carbocycles.